The maximum atomic E-state index is 13.2. The molecule has 0 atom stereocenters. The van der Waals surface area contributed by atoms with Gasteiger partial charge in [0.2, 0.25) is 0 Å². The molecule has 2 aromatic rings. The molecule has 2 aliphatic heterocycles. The highest BCUT2D eigenvalue weighted by atomic mass is 35.5. The van der Waals surface area contributed by atoms with Crippen LogP contribution in [0.15, 0.2) is 53.4 Å². The fourth-order valence-corrected chi connectivity index (χ4v) is 4.89. The predicted molar refractivity (Wildman–Crippen MR) is 127 cm³/mol. The molecule has 1 N–H and O–H groups in total. The molecule has 4 rings (SSSR count). The van der Waals surface area contributed by atoms with E-state index in [1.54, 1.807) is 23.1 Å². The van der Waals surface area contributed by atoms with Crippen molar-refractivity contribution in [2.24, 2.45) is 0 Å². The summed E-state index contributed by atoms with van der Waals surface area (Å²) in [6.07, 6.45) is 1.79. The molecule has 2 heterocycles. The number of nitrogens with zero attached hydrogens (tertiary/aromatic N) is 2. The van der Waals surface area contributed by atoms with Crippen molar-refractivity contribution in [2.45, 2.75) is 19.8 Å². The molecule has 0 aromatic heterocycles. The molecule has 158 valence electrons. The van der Waals surface area contributed by atoms with E-state index in [1.165, 1.54) is 6.07 Å². The first-order chi connectivity index (χ1) is 14.9. The average molecular weight is 472 g/mol. The van der Waals surface area contributed by atoms with Gasteiger partial charge >= 0.3 is 0 Å². The Labute approximate surface area is 194 Å². The molecule has 31 heavy (non-hydrogen) atoms. The maximum absolute atomic E-state index is 13.2. The van der Waals surface area contributed by atoms with Gasteiger partial charge in [-0.15, -0.1) is 0 Å². The largest absolute Gasteiger partial charge is 0.308 e. The molecule has 0 radical (unpaired) electrons. The number of benzene rings is 2. The van der Waals surface area contributed by atoms with Crippen molar-refractivity contribution in [1.29, 1.82) is 0 Å². The van der Waals surface area contributed by atoms with Crippen molar-refractivity contribution in [2.75, 3.05) is 11.4 Å². The number of rotatable bonds is 5. The molecule has 2 aromatic carbocycles. The topological polar surface area (TPSA) is 69.7 Å². The summed E-state index contributed by atoms with van der Waals surface area (Å²) in [5.41, 5.74) is 4.62. The van der Waals surface area contributed by atoms with Crippen LogP contribution in [0.2, 0.25) is 5.02 Å². The first-order valence-corrected chi connectivity index (χ1v) is 11.3. The fourth-order valence-electron chi connectivity index (χ4n) is 3.45. The second-order valence-electron chi connectivity index (χ2n) is 6.99. The van der Waals surface area contributed by atoms with E-state index in [0.29, 0.717) is 28.3 Å². The lowest BCUT2D eigenvalue weighted by Gasteiger charge is -2.16. The molecule has 3 amide bonds. The number of thiocarbonyl (C=S) groups is 1. The summed E-state index contributed by atoms with van der Waals surface area (Å²) in [4.78, 5) is 40.9. The molecule has 0 bridgehead atoms. The van der Waals surface area contributed by atoms with Gasteiger partial charge in [0.05, 0.1) is 16.2 Å². The van der Waals surface area contributed by atoms with Crippen LogP contribution in [0.3, 0.4) is 0 Å². The smallest absolute Gasteiger partial charge is 0.286 e. The summed E-state index contributed by atoms with van der Waals surface area (Å²) in [5, 5.41) is 1.41. The summed E-state index contributed by atoms with van der Waals surface area (Å²) in [5.74, 6) is -1.27. The van der Waals surface area contributed by atoms with Crippen LogP contribution in [-0.4, -0.2) is 33.6 Å². The third-order valence-electron chi connectivity index (χ3n) is 4.95. The molecule has 1 saturated heterocycles. The molecule has 0 saturated carbocycles. The van der Waals surface area contributed by atoms with Crippen LogP contribution in [0.4, 0.5) is 5.69 Å². The van der Waals surface area contributed by atoms with Crippen molar-refractivity contribution in [3.05, 3.63) is 69.6 Å². The number of halogens is 1. The van der Waals surface area contributed by atoms with E-state index in [1.807, 2.05) is 24.3 Å². The normalized spacial score (nSPS) is 18.1. The number of unbranched alkanes of at least 4 members (excludes halogenated alkanes) is 1. The number of para-hydroxylation sites is 1. The van der Waals surface area contributed by atoms with E-state index >= 15 is 0 Å². The Hall–Kier alpha value is -2.68. The van der Waals surface area contributed by atoms with Crippen molar-refractivity contribution >= 4 is 68.9 Å². The van der Waals surface area contributed by atoms with E-state index in [4.69, 9.17) is 23.8 Å². The molecule has 2 aliphatic rings. The van der Waals surface area contributed by atoms with Crippen LogP contribution in [-0.2, 0) is 9.59 Å². The Morgan fingerprint density at radius 1 is 1.13 bits per heavy atom. The Kier molecular flexibility index (Phi) is 6.13. The number of thioether (sulfide) groups is 1. The highest BCUT2D eigenvalue weighted by Crippen LogP contribution is 2.44. The highest BCUT2D eigenvalue weighted by Gasteiger charge is 2.42. The zero-order chi connectivity index (χ0) is 22.1. The van der Waals surface area contributed by atoms with Gasteiger partial charge in [0, 0.05) is 22.7 Å². The Balaban J connectivity index is 1.66. The summed E-state index contributed by atoms with van der Waals surface area (Å²) >= 11 is 12.3. The van der Waals surface area contributed by atoms with Crippen LogP contribution >= 0.6 is 35.6 Å². The minimum atomic E-state index is -0.527. The summed E-state index contributed by atoms with van der Waals surface area (Å²) < 4.78 is 0.153. The monoisotopic (exact) mass is 471 g/mol. The van der Waals surface area contributed by atoms with Crippen molar-refractivity contribution < 1.29 is 14.4 Å². The molecular formula is C22H18ClN3O3S2. The van der Waals surface area contributed by atoms with Crippen LogP contribution in [0.5, 0.6) is 0 Å². The fraction of sp³-hybridized carbons (Fsp3) is 0.182. The SMILES string of the molecule is CCCCN1C(=O)/C(=C2\SC(=S)N(NC(=O)c3cccc(Cl)c3)C2=O)c2ccccc21. The first kappa shape index (κ1) is 21.5. The molecular weight excluding hydrogens is 454 g/mol. The predicted octanol–water partition coefficient (Wildman–Crippen LogP) is 4.40. The number of nitrogens with one attached hydrogen (secondary N) is 1. The van der Waals surface area contributed by atoms with Crippen LogP contribution in [0, 0.1) is 0 Å². The zero-order valence-electron chi connectivity index (χ0n) is 16.6. The molecule has 0 spiro atoms. The molecule has 1 fully saturated rings. The second-order valence-corrected chi connectivity index (χ2v) is 9.07. The summed E-state index contributed by atoms with van der Waals surface area (Å²) in [6, 6.07) is 13.8. The number of carbonyl (C=O) groups excluding carboxylic acids is 3. The van der Waals surface area contributed by atoms with Crippen molar-refractivity contribution in [3.8, 4) is 0 Å². The quantitative estimate of drug-likeness (QED) is 0.517. The van der Waals surface area contributed by atoms with Crippen molar-refractivity contribution in [1.82, 2.24) is 10.4 Å². The molecule has 0 unspecified atom stereocenters. The first-order valence-electron chi connectivity index (χ1n) is 9.70. The van der Waals surface area contributed by atoms with Crippen molar-refractivity contribution in [3.63, 3.8) is 0 Å². The van der Waals surface area contributed by atoms with E-state index in [2.05, 4.69) is 12.3 Å². The van der Waals surface area contributed by atoms with Gasteiger partial charge in [0.15, 0.2) is 4.32 Å². The Morgan fingerprint density at radius 2 is 1.90 bits per heavy atom. The maximum Gasteiger partial charge on any atom is 0.286 e. The second kappa shape index (κ2) is 8.82. The summed E-state index contributed by atoms with van der Waals surface area (Å²) in [6.45, 7) is 2.63. The zero-order valence-corrected chi connectivity index (χ0v) is 18.9. The van der Waals surface area contributed by atoms with Gasteiger partial charge in [-0.2, -0.15) is 5.01 Å². The van der Waals surface area contributed by atoms with Crippen LogP contribution in [0.1, 0.15) is 35.7 Å². The van der Waals surface area contributed by atoms with Gasteiger partial charge in [-0.1, -0.05) is 61.0 Å². The van der Waals surface area contributed by atoms with Gasteiger partial charge < -0.3 is 4.90 Å². The van der Waals surface area contributed by atoms with Crippen LogP contribution in [0.25, 0.3) is 5.57 Å². The lowest BCUT2D eigenvalue weighted by molar-refractivity contribution is -0.124. The number of anilines is 1. The minimum Gasteiger partial charge on any atom is -0.308 e. The highest BCUT2D eigenvalue weighted by molar-refractivity contribution is 8.26. The third-order valence-corrected chi connectivity index (χ3v) is 6.56. The Bertz CT molecular complexity index is 1150. The number of hydrogen-bond donors (Lipinski definition) is 1. The van der Waals surface area contributed by atoms with Gasteiger partial charge in [-0.05, 0) is 42.9 Å². The summed E-state index contributed by atoms with van der Waals surface area (Å²) in [7, 11) is 0. The number of amides is 3. The lowest BCUT2D eigenvalue weighted by Crippen LogP contribution is -2.45. The van der Waals surface area contributed by atoms with E-state index in [9.17, 15) is 14.4 Å². The number of hydrazine groups is 1. The van der Waals surface area contributed by atoms with Gasteiger partial charge in [-0.25, -0.2) is 0 Å². The van der Waals surface area contributed by atoms with E-state index in [-0.39, 0.29) is 15.1 Å². The van der Waals surface area contributed by atoms with Gasteiger partial charge in [0.25, 0.3) is 17.7 Å². The van der Waals surface area contributed by atoms with Crippen LogP contribution < -0.4 is 10.3 Å². The number of carbonyl (C=O) groups is 3. The molecule has 9 heteroatoms. The average Bonchev–Trinajstić information content (AvgIpc) is 3.19. The standard InChI is InChI=1S/C22H18ClN3O3S2/c1-2-3-11-25-16-10-5-4-9-15(16)17(20(25)28)18-21(29)26(22(30)31-18)24-19(27)13-7-6-8-14(23)12-13/h4-10,12H,2-3,11H2,1H3,(H,24,27)/b18-17-. The van der Waals surface area contributed by atoms with E-state index in [0.717, 1.165) is 35.3 Å². The number of hydrogen-bond acceptors (Lipinski definition) is 5. The third kappa shape index (κ3) is 3.98. The van der Waals surface area contributed by atoms with Gasteiger partial charge in [-0.3, -0.25) is 19.8 Å². The van der Waals surface area contributed by atoms with Gasteiger partial charge in [0.1, 0.15) is 0 Å². The lowest BCUT2D eigenvalue weighted by atomic mass is 10.1. The molecule has 6 nitrogen and oxygen atoms in total. The minimum absolute atomic E-state index is 0.153. The Morgan fingerprint density at radius 3 is 2.65 bits per heavy atom. The number of fused-ring (bicyclic) bond motifs is 1. The molecule has 0 aliphatic carbocycles. The van der Waals surface area contributed by atoms with E-state index < -0.39 is 11.8 Å².